The quantitative estimate of drug-likeness (QED) is 0.896. The molecule has 20 heavy (non-hydrogen) atoms. The number of aromatic nitrogens is 1. The fourth-order valence-electron chi connectivity index (χ4n) is 2.60. The second-order valence-electron chi connectivity index (χ2n) is 5.15. The summed E-state index contributed by atoms with van der Waals surface area (Å²) >= 11 is 0. The van der Waals surface area contributed by atoms with E-state index in [1.165, 1.54) is 24.0 Å². The van der Waals surface area contributed by atoms with Crippen molar-refractivity contribution in [2.24, 2.45) is 0 Å². The third-order valence-electron chi connectivity index (χ3n) is 3.60. The number of pyridine rings is 1. The summed E-state index contributed by atoms with van der Waals surface area (Å²) in [5.74, 6) is 0.413. The molecular formula is C16H17N3O. The molecule has 0 fully saturated rings. The first-order valence-electron chi connectivity index (χ1n) is 6.83. The maximum absolute atomic E-state index is 12.0. The normalized spacial score (nSPS) is 13.0. The molecule has 0 radical (unpaired) electrons. The van der Waals surface area contributed by atoms with Crippen LogP contribution in [0.1, 0.15) is 23.1 Å². The number of carbonyl (C=O) groups is 1. The first kappa shape index (κ1) is 12.7. The zero-order chi connectivity index (χ0) is 13.9. The molecule has 1 aromatic heterocycles. The minimum atomic E-state index is -0.0329. The van der Waals surface area contributed by atoms with Crippen LogP contribution in [0.2, 0.25) is 0 Å². The van der Waals surface area contributed by atoms with E-state index in [0.717, 1.165) is 12.0 Å². The zero-order valence-electron chi connectivity index (χ0n) is 11.2. The van der Waals surface area contributed by atoms with E-state index in [9.17, 15) is 4.79 Å². The molecule has 3 N–H and O–H groups in total. The highest BCUT2D eigenvalue weighted by molar-refractivity contribution is 5.92. The number of anilines is 2. The Hall–Kier alpha value is -2.36. The monoisotopic (exact) mass is 267 g/mol. The largest absolute Gasteiger partial charge is 0.384 e. The first-order valence-corrected chi connectivity index (χ1v) is 6.83. The van der Waals surface area contributed by atoms with Crippen molar-refractivity contribution in [3.63, 3.8) is 0 Å². The van der Waals surface area contributed by atoms with Gasteiger partial charge in [-0.25, -0.2) is 4.98 Å². The number of nitrogens with zero attached hydrogens (tertiary/aromatic N) is 1. The molecule has 0 aliphatic heterocycles. The van der Waals surface area contributed by atoms with Crippen LogP contribution in [0, 0.1) is 0 Å². The molecule has 0 unspecified atom stereocenters. The van der Waals surface area contributed by atoms with Gasteiger partial charge < -0.3 is 11.1 Å². The fourth-order valence-corrected chi connectivity index (χ4v) is 2.60. The second kappa shape index (κ2) is 5.33. The Morgan fingerprint density at radius 2 is 2.05 bits per heavy atom. The summed E-state index contributed by atoms with van der Waals surface area (Å²) in [5, 5.41) is 2.83. The topological polar surface area (TPSA) is 68.0 Å². The van der Waals surface area contributed by atoms with E-state index in [-0.39, 0.29) is 5.91 Å². The Balaban J connectivity index is 1.65. The third-order valence-corrected chi connectivity index (χ3v) is 3.60. The lowest BCUT2D eigenvalue weighted by Crippen LogP contribution is -2.14. The van der Waals surface area contributed by atoms with E-state index >= 15 is 0 Å². The minimum Gasteiger partial charge on any atom is -0.384 e. The van der Waals surface area contributed by atoms with Crippen LogP contribution in [0.5, 0.6) is 0 Å². The van der Waals surface area contributed by atoms with Gasteiger partial charge >= 0.3 is 0 Å². The molecule has 4 heteroatoms. The maximum atomic E-state index is 12.0. The van der Waals surface area contributed by atoms with Crippen molar-refractivity contribution >= 4 is 17.4 Å². The van der Waals surface area contributed by atoms with E-state index in [0.29, 0.717) is 17.9 Å². The number of rotatable bonds is 3. The predicted molar refractivity (Wildman–Crippen MR) is 79.5 cm³/mol. The molecule has 0 atom stereocenters. The fraction of sp³-hybridized carbons (Fsp3) is 0.250. The minimum absolute atomic E-state index is 0.0329. The lowest BCUT2D eigenvalue weighted by atomic mass is 10.0. The second-order valence-corrected chi connectivity index (χ2v) is 5.15. The highest BCUT2D eigenvalue weighted by Crippen LogP contribution is 2.23. The summed E-state index contributed by atoms with van der Waals surface area (Å²) in [6, 6.07) is 9.78. The lowest BCUT2D eigenvalue weighted by Gasteiger charge is -2.07. The Bertz CT molecular complexity index is 635. The molecule has 3 rings (SSSR count). The summed E-state index contributed by atoms with van der Waals surface area (Å²) in [6.45, 7) is 0. The molecule has 1 heterocycles. The number of nitrogens with one attached hydrogen (secondary N) is 1. The number of nitrogen functional groups attached to an aromatic ring is 1. The van der Waals surface area contributed by atoms with Gasteiger partial charge in [-0.3, -0.25) is 4.79 Å². The van der Waals surface area contributed by atoms with Crippen LogP contribution < -0.4 is 11.1 Å². The third kappa shape index (κ3) is 2.79. The van der Waals surface area contributed by atoms with Crippen LogP contribution in [0.4, 0.5) is 11.5 Å². The molecular weight excluding hydrogens is 250 g/mol. The molecule has 2 aromatic rings. The van der Waals surface area contributed by atoms with Gasteiger partial charge in [0.15, 0.2) is 0 Å². The number of amides is 1. The van der Waals surface area contributed by atoms with E-state index in [1.54, 1.807) is 18.3 Å². The van der Waals surface area contributed by atoms with E-state index in [4.69, 9.17) is 5.73 Å². The van der Waals surface area contributed by atoms with Crippen LogP contribution in [0.25, 0.3) is 0 Å². The Morgan fingerprint density at radius 1 is 1.20 bits per heavy atom. The standard InChI is InChI=1S/C16H17N3O/c17-15-7-6-14(10-18-15)19-16(20)9-11-4-5-12-2-1-3-13(12)8-11/h4-8,10H,1-3,9H2,(H2,17,18)(H,19,20). The summed E-state index contributed by atoms with van der Waals surface area (Å²) in [6.07, 6.45) is 5.47. The van der Waals surface area contributed by atoms with Crippen molar-refractivity contribution < 1.29 is 4.79 Å². The van der Waals surface area contributed by atoms with Crippen molar-refractivity contribution in [1.82, 2.24) is 4.98 Å². The van der Waals surface area contributed by atoms with Gasteiger partial charge in [0, 0.05) is 0 Å². The zero-order valence-corrected chi connectivity index (χ0v) is 11.2. The van der Waals surface area contributed by atoms with Crippen molar-refractivity contribution in [2.75, 3.05) is 11.1 Å². The molecule has 4 nitrogen and oxygen atoms in total. The van der Waals surface area contributed by atoms with Gasteiger partial charge in [-0.15, -0.1) is 0 Å². The molecule has 0 spiro atoms. The Kier molecular flexibility index (Phi) is 3.37. The van der Waals surface area contributed by atoms with E-state index in [1.807, 2.05) is 6.07 Å². The van der Waals surface area contributed by atoms with Crippen LogP contribution in [-0.2, 0) is 24.1 Å². The summed E-state index contributed by atoms with van der Waals surface area (Å²) in [4.78, 5) is 15.9. The first-order chi connectivity index (χ1) is 9.70. The van der Waals surface area contributed by atoms with Crippen LogP contribution in [0.15, 0.2) is 36.5 Å². The maximum Gasteiger partial charge on any atom is 0.228 e. The number of hydrogen-bond donors (Lipinski definition) is 2. The lowest BCUT2D eigenvalue weighted by molar-refractivity contribution is -0.115. The highest BCUT2D eigenvalue weighted by atomic mass is 16.1. The number of hydrogen-bond acceptors (Lipinski definition) is 3. The van der Waals surface area contributed by atoms with Crippen molar-refractivity contribution in [3.05, 3.63) is 53.2 Å². The number of aryl methyl sites for hydroxylation is 2. The molecule has 102 valence electrons. The molecule has 0 saturated carbocycles. The van der Waals surface area contributed by atoms with Gasteiger partial charge in [-0.1, -0.05) is 18.2 Å². The Labute approximate surface area is 118 Å². The molecule has 1 aliphatic rings. The van der Waals surface area contributed by atoms with Crippen LogP contribution in [-0.4, -0.2) is 10.9 Å². The SMILES string of the molecule is Nc1ccc(NC(=O)Cc2ccc3c(c2)CCC3)cn1. The van der Waals surface area contributed by atoms with Gasteiger partial charge in [0.2, 0.25) is 5.91 Å². The summed E-state index contributed by atoms with van der Waals surface area (Å²) in [7, 11) is 0. The van der Waals surface area contributed by atoms with Crippen molar-refractivity contribution in [3.8, 4) is 0 Å². The smallest absolute Gasteiger partial charge is 0.228 e. The van der Waals surface area contributed by atoms with Gasteiger partial charge in [-0.05, 0) is 48.1 Å². The Morgan fingerprint density at radius 3 is 2.85 bits per heavy atom. The summed E-state index contributed by atoms with van der Waals surface area (Å²) in [5.41, 5.74) is 10.1. The van der Waals surface area contributed by atoms with E-state index in [2.05, 4.69) is 22.4 Å². The molecule has 0 bridgehead atoms. The highest BCUT2D eigenvalue weighted by Gasteiger charge is 2.12. The number of carbonyl (C=O) groups excluding carboxylic acids is 1. The summed E-state index contributed by atoms with van der Waals surface area (Å²) < 4.78 is 0. The number of fused-ring (bicyclic) bond motifs is 1. The van der Waals surface area contributed by atoms with Gasteiger partial charge in [0.25, 0.3) is 0 Å². The molecule has 1 aliphatic carbocycles. The van der Waals surface area contributed by atoms with Crippen LogP contribution in [0.3, 0.4) is 0 Å². The average molecular weight is 267 g/mol. The van der Waals surface area contributed by atoms with E-state index < -0.39 is 0 Å². The predicted octanol–water partition coefficient (Wildman–Crippen LogP) is 2.33. The van der Waals surface area contributed by atoms with Crippen molar-refractivity contribution in [1.29, 1.82) is 0 Å². The van der Waals surface area contributed by atoms with Gasteiger partial charge in [0.05, 0.1) is 18.3 Å². The molecule has 1 amide bonds. The van der Waals surface area contributed by atoms with Crippen LogP contribution >= 0.6 is 0 Å². The molecule has 0 saturated heterocycles. The van der Waals surface area contributed by atoms with Gasteiger partial charge in [0.1, 0.15) is 5.82 Å². The van der Waals surface area contributed by atoms with Gasteiger partial charge in [-0.2, -0.15) is 0 Å². The molecule has 1 aromatic carbocycles. The number of nitrogens with two attached hydrogens (primary N) is 1. The average Bonchev–Trinajstić information content (AvgIpc) is 2.89. The van der Waals surface area contributed by atoms with Crippen molar-refractivity contribution in [2.45, 2.75) is 25.7 Å². The number of benzene rings is 1.